The number of nitrogens with one attached hydrogen (secondary N) is 2. The SMILES string of the molecule is Cl.Cl.O=[N+]([O-])c1ccc2[nH]c(O)c(C3=Nc4ccc(F)cc4/C3=N\OCCN3CCNCC3)c2c1. The van der Waals surface area contributed by atoms with Gasteiger partial charge < -0.3 is 20.2 Å². The summed E-state index contributed by atoms with van der Waals surface area (Å²) in [5, 5.41) is 29.9. The minimum Gasteiger partial charge on any atom is -0.494 e. The third-order valence-electron chi connectivity index (χ3n) is 5.74. The fourth-order valence-corrected chi connectivity index (χ4v) is 4.10. The number of halogens is 3. The first-order valence-electron chi connectivity index (χ1n) is 10.5. The van der Waals surface area contributed by atoms with Gasteiger partial charge in [0.1, 0.15) is 23.8 Å². The van der Waals surface area contributed by atoms with Crippen LogP contribution in [0.25, 0.3) is 10.9 Å². The molecule has 186 valence electrons. The zero-order chi connectivity index (χ0) is 22.9. The summed E-state index contributed by atoms with van der Waals surface area (Å²) in [6.07, 6.45) is 0. The van der Waals surface area contributed by atoms with Gasteiger partial charge in [-0.1, -0.05) is 5.16 Å². The van der Waals surface area contributed by atoms with E-state index < -0.39 is 10.7 Å². The number of aromatic amines is 1. The molecule has 3 N–H and O–H groups in total. The van der Waals surface area contributed by atoms with E-state index in [0.717, 1.165) is 26.2 Å². The maximum absolute atomic E-state index is 14.0. The molecular formula is C22H23Cl2FN6O4. The molecule has 0 atom stereocenters. The van der Waals surface area contributed by atoms with Gasteiger partial charge in [0.2, 0.25) is 0 Å². The molecular weight excluding hydrogens is 502 g/mol. The molecule has 3 heterocycles. The molecule has 0 unspecified atom stereocenters. The molecule has 0 radical (unpaired) electrons. The van der Waals surface area contributed by atoms with Crippen molar-refractivity contribution in [3.63, 3.8) is 0 Å². The van der Waals surface area contributed by atoms with Crippen molar-refractivity contribution in [3.8, 4) is 5.88 Å². The Labute approximate surface area is 211 Å². The van der Waals surface area contributed by atoms with Gasteiger partial charge in [0.25, 0.3) is 5.69 Å². The van der Waals surface area contributed by atoms with E-state index in [9.17, 15) is 19.6 Å². The van der Waals surface area contributed by atoms with Gasteiger partial charge in [-0.15, -0.1) is 24.8 Å². The second-order valence-corrected chi connectivity index (χ2v) is 7.82. The van der Waals surface area contributed by atoms with Crippen molar-refractivity contribution in [3.05, 3.63) is 63.5 Å². The Morgan fingerprint density at radius 3 is 2.71 bits per heavy atom. The third-order valence-corrected chi connectivity index (χ3v) is 5.74. The van der Waals surface area contributed by atoms with E-state index >= 15 is 0 Å². The Morgan fingerprint density at radius 2 is 1.97 bits per heavy atom. The van der Waals surface area contributed by atoms with E-state index in [1.165, 1.54) is 36.4 Å². The van der Waals surface area contributed by atoms with Crippen LogP contribution in [0.5, 0.6) is 5.88 Å². The first kappa shape index (κ1) is 26.4. The lowest BCUT2D eigenvalue weighted by Crippen LogP contribution is -2.44. The molecule has 13 heteroatoms. The highest BCUT2D eigenvalue weighted by atomic mass is 35.5. The number of rotatable bonds is 6. The van der Waals surface area contributed by atoms with E-state index in [1.807, 2.05) is 0 Å². The Hall–Kier alpha value is -3.25. The van der Waals surface area contributed by atoms with Gasteiger partial charge in [-0.25, -0.2) is 9.38 Å². The highest BCUT2D eigenvalue weighted by Gasteiger charge is 2.30. The van der Waals surface area contributed by atoms with Crippen LogP contribution in [0, 0.1) is 15.9 Å². The number of nitro benzene ring substituents is 1. The van der Waals surface area contributed by atoms with Gasteiger partial charge in [-0.3, -0.25) is 15.0 Å². The van der Waals surface area contributed by atoms with E-state index in [4.69, 9.17) is 4.84 Å². The Morgan fingerprint density at radius 1 is 1.20 bits per heavy atom. The second kappa shape index (κ2) is 11.0. The van der Waals surface area contributed by atoms with Gasteiger partial charge >= 0.3 is 0 Å². The summed E-state index contributed by atoms with van der Waals surface area (Å²) in [6, 6.07) is 8.32. The molecule has 2 aliphatic rings. The predicted octanol–water partition coefficient (Wildman–Crippen LogP) is 3.52. The maximum atomic E-state index is 14.0. The molecule has 0 aliphatic carbocycles. The van der Waals surface area contributed by atoms with Crippen LogP contribution in [0.15, 0.2) is 46.5 Å². The number of aromatic hydroxyl groups is 1. The quantitative estimate of drug-likeness (QED) is 0.257. The minimum atomic E-state index is -0.512. The topological polar surface area (TPSA) is 128 Å². The fourth-order valence-electron chi connectivity index (χ4n) is 4.10. The first-order chi connectivity index (χ1) is 16.0. The first-order valence-corrected chi connectivity index (χ1v) is 10.5. The molecule has 2 aromatic carbocycles. The van der Waals surface area contributed by atoms with E-state index in [1.54, 1.807) is 0 Å². The normalized spacial score (nSPS) is 16.4. The van der Waals surface area contributed by atoms with Crippen LogP contribution in [0.2, 0.25) is 0 Å². The molecule has 1 aromatic heterocycles. The van der Waals surface area contributed by atoms with Crippen molar-refractivity contribution in [2.24, 2.45) is 10.1 Å². The molecule has 35 heavy (non-hydrogen) atoms. The van der Waals surface area contributed by atoms with Crippen molar-refractivity contribution in [1.82, 2.24) is 15.2 Å². The highest BCUT2D eigenvalue weighted by Crippen LogP contribution is 2.37. The standard InChI is InChI=1S/C22H21FN6O4.2ClH/c23-13-1-3-18-16(11-13)20(27-33-10-9-28-7-5-24-6-8-28)21(25-18)19-15-12-14(29(31)32)2-4-17(15)26-22(19)30;;/h1-4,11-12,24,26,30H,5-10H2;2*1H/b27-20+;;. The number of nitrogens with zero attached hydrogens (tertiary/aromatic N) is 4. The summed E-state index contributed by atoms with van der Waals surface area (Å²) < 4.78 is 14.0. The summed E-state index contributed by atoms with van der Waals surface area (Å²) in [7, 11) is 0. The van der Waals surface area contributed by atoms with Crippen molar-refractivity contribution in [2.45, 2.75) is 0 Å². The predicted molar refractivity (Wildman–Crippen MR) is 136 cm³/mol. The lowest BCUT2D eigenvalue weighted by Gasteiger charge is -2.26. The van der Waals surface area contributed by atoms with E-state index in [-0.39, 0.29) is 53.4 Å². The van der Waals surface area contributed by atoms with Gasteiger partial charge in [-0.2, -0.15) is 0 Å². The van der Waals surface area contributed by atoms with Gasteiger partial charge in [0.15, 0.2) is 5.88 Å². The van der Waals surface area contributed by atoms with E-state index in [0.29, 0.717) is 35.3 Å². The zero-order valence-corrected chi connectivity index (χ0v) is 20.0. The molecule has 0 bridgehead atoms. The number of non-ortho nitro benzene ring substituents is 1. The number of H-pyrrole nitrogens is 1. The summed E-state index contributed by atoms with van der Waals surface area (Å²) >= 11 is 0. The Balaban J connectivity index is 0.00000171. The number of hydrogen-bond acceptors (Lipinski definition) is 8. The van der Waals surface area contributed by atoms with Crippen LogP contribution in [0.3, 0.4) is 0 Å². The number of piperazine rings is 1. The lowest BCUT2D eigenvalue weighted by atomic mass is 10.0. The number of oxime groups is 1. The molecule has 10 nitrogen and oxygen atoms in total. The number of benzene rings is 2. The minimum absolute atomic E-state index is 0. The molecule has 0 saturated carbocycles. The van der Waals surface area contributed by atoms with Crippen LogP contribution < -0.4 is 5.32 Å². The Bertz CT molecular complexity index is 1310. The van der Waals surface area contributed by atoms with Gasteiger partial charge in [0.05, 0.1) is 16.2 Å². The van der Waals surface area contributed by atoms with Crippen LogP contribution in [0.1, 0.15) is 11.1 Å². The largest absolute Gasteiger partial charge is 0.494 e. The van der Waals surface area contributed by atoms with Crippen molar-refractivity contribution >= 4 is 58.5 Å². The van der Waals surface area contributed by atoms with Crippen molar-refractivity contribution in [2.75, 3.05) is 39.3 Å². The zero-order valence-electron chi connectivity index (χ0n) is 18.4. The van der Waals surface area contributed by atoms with Crippen LogP contribution in [-0.2, 0) is 4.84 Å². The summed E-state index contributed by atoms with van der Waals surface area (Å²) in [6.45, 7) is 4.69. The molecule has 1 saturated heterocycles. The van der Waals surface area contributed by atoms with Gasteiger partial charge in [-0.05, 0) is 24.3 Å². The van der Waals surface area contributed by atoms with Crippen LogP contribution >= 0.6 is 24.8 Å². The molecule has 3 aromatic rings. The summed E-state index contributed by atoms with van der Waals surface area (Å²) in [4.78, 5) is 25.9. The number of fused-ring (bicyclic) bond motifs is 2. The summed E-state index contributed by atoms with van der Waals surface area (Å²) in [5.41, 5.74) is 2.01. The number of aromatic nitrogens is 1. The van der Waals surface area contributed by atoms with Crippen molar-refractivity contribution in [1.29, 1.82) is 0 Å². The fraction of sp³-hybridized carbons (Fsp3) is 0.273. The van der Waals surface area contributed by atoms with Crippen LogP contribution in [0.4, 0.5) is 15.8 Å². The molecule has 2 aliphatic heterocycles. The second-order valence-electron chi connectivity index (χ2n) is 7.82. The number of aliphatic imine (C=N–C) groups is 1. The van der Waals surface area contributed by atoms with Gasteiger partial charge in [0, 0.05) is 61.3 Å². The molecule has 0 spiro atoms. The van der Waals surface area contributed by atoms with Crippen LogP contribution in [-0.4, -0.2) is 70.7 Å². The number of nitro groups is 1. The molecule has 0 amide bonds. The maximum Gasteiger partial charge on any atom is 0.270 e. The molecule has 5 rings (SSSR count). The van der Waals surface area contributed by atoms with E-state index in [2.05, 4.69) is 25.3 Å². The van der Waals surface area contributed by atoms with Crippen molar-refractivity contribution < 1.29 is 19.3 Å². The lowest BCUT2D eigenvalue weighted by molar-refractivity contribution is -0.384. The monoisotopic (exact) mass is 524 g/mol. The third kappa shape index (κ3) is 5.22. The average molecular weight is 525 g/mol. The smallest absolute Gasteiger partial charge is 0.270 e. The average Bonchev–Trinajstić information content (AvgIpc) is 3.32. The summed E-state index contributed by atoms with van der Waals surface area (Å²) in [5.74, 6) is -0.677. The Kier molecular flexibility index (Phi) is 8.28. The molecule has 1 fully saturated rings. The number of hydrogen-bond donors (Lipinski definition) is 3. The highest BCUT2D eigenvalue weighted by molar-refractivity contribution is 6.58.